The summed E-state index contributed by atoms with van der Waals surface area (Å²) in [6, 6.07) is 15.7. The van der Waals surface area contributed by atoms with Crippen LogP contribution in [0.5, 0.6) is 0 Å². The SMILES string of the molecule is Cc1ccc(C(=O)O)c(-c2cc(-c3ccccc3)c(=O)n3c2-c2sccc2CC3)c1C(=O)O. The molecule has 6 nitrogen and oxygen atoms in total. The van der Waals surface area contributed by atoms with Crippen molar-refractivity contribution in [3.8, 4) is 32.8 Å². The molecular formula is C26H19NO5S. The number of carbonyl (C=O) groups is 2. The number of rotatable bonds is 4. The lowest BCUT2D eigenvalue weighted by Crippen LogP contribution is -2.28. The van der Waals surface area contributed by atoms with Gasteiger partial charge in [0.05, 0.1) is 21.7 Å². The lowest BCUT2D eigenvalue weighted by molar-refractivity contribution is 0.0695. The average Bonchev–Trinajstić information content (AvgIpc) is 3.28. The molecule has 33 heavy (non-hydrogen) atoms. The molecule has 0 radical (unpaired) electrons. The summed E-state index contributed by atoms with van der Waals surface area (Å²) in [7, 11) is 0. The number of carboxylic acids is 2. The van der Waals surface area contributed by atoms with E-state index >= 15 is 0 Å². The van der Waals surface area contributed by atoms with E-state index in [2.05, 4.69) is 0 Å². The topological polar surface area (TPSA) is 96.6 Å². The monoisotopic (exact) mass is 457 g/mol. The van der Waals surface area contributed by atoms with E-state index in [1.54, 1.807) is 17.6 Å². The molecule has 0 spiro atoms. The van der Waals surface area contributed by atoms with Crippen LogP contribution in [0.4, 0.5) is 0 Å². The highest BCUT2D eigenvalue weighted by atomic mass is 32.1. The molecule has 0 saturated heterocycles. The Morgan fingerprint density at radius 3 is 2.42 bits per heavy atom. The van der Waals surface area contributed by atoms with Crippen LogP contribution in [0.15, 0.2) is 64.8 Å². The van der Waals surface area contributed by atoms with E-state index in [1.165, 1.54) is 23.5 Å². The number of fused-ring (bicyclic) bond motifs is 3. The Kier molecular flexibility index (Phi) is 4.98. The van der Waals surface area contributed by atoms with Gasteiger partial charge in [-0.15, -0.1) is 11.3 Å². The molecule has 0 aliphatic carbocycles. The first-order chi connectivity index (χ1) is 15.9. The van der Waals surface area contributed by atoms with Crippen LogP contribution in [0.25, 0.3) is 32.8 Å². The van der Waals surface area contributed by atoms with Gasteiger partial charge in [-0.05, 0) is 53.6 Å². The number of aryl methyl sites for hydroxylation is 2. The Hall–Kier alpha value is -3.97. The van der Waals surface area contributed by atoms with Crippen molar-refractivity contribution in [3.63, 3.8) is 0 Å². The van der Waals surface area contributed by atoms with E-state index in [0.717, 1.165) is 10.4 Å². The molecule has 2 aromatic heterocycles. The normalized spacial score (nSPS) is 12.2. The van der Waals surface area contributed by atoms with Crippen molar-refractivity contribution < 1.29 is 19.8 Å². The van der Waals surface area contributed by atoms with Gasteiger partial charge in [-0.1, -0.05) is 36.4 Å². The van der Waals surface area contributed by atoms with E-state index in [4.69, 9.17) is 0 Å². The van der Waals surface area contributed by atoms with Crippen LogP contribution < -0.4 is 5.56 Å². The second kappa shape index (κ2) is 7.86. The van der Waals surface area contributed by atoms with E-state index in [9.17, 15) is 24.6 Å². The molecule has 1 aliphatic heterocycles. The molecule has 2 N–H and O–H groups in total. The van der Waals surface area contributed by atoms with Gasteiger partial charge >= 0.3 is 11.9 Å². The molecule has 4 aromatic rings. The highest BCUT2D eigenvalue weighted by Gasteiger charge is 2.30. The van der Waals surface area contributed by atoms with Crippen molar-refractivity contribution in [1.29, 1.82) is 0 Å². The molecule has 0 amide bonds. The number of aromatic carboxylic acids is 2. The van der Waals surface area contributed by atoms with Gasteiger partial charge in [0.15, 0.2) is 0 Å². The molecule has 164 valence electrons. The first-order valence-electron chi connectivity index (χ1n) is 10.4. The maximum atomic E-state index is 13.6. The Morgan fingerprint density at radius 2 is 1.73 bits per heavy atom. The van der Waals surface area contributed by atoms with Crippen LogP contribution in [-0.4, -0.2) is 26.7 Å². The fourth-order valence-corrected chi connectivity index (χ4v) is 5.57. The van der Waals surface area contributed by atoms with Crippen LogP contribution in [0, 0.1) is 6.92 Å². The molecule has 3 heterocycles. The third-order valence-electron chi connectivity index (χ3n) is 6.07. The molecule has 5 rings (SSSR count). The number of pyridine rings is 1. The molecule has 0 bridgehead atoms. The standard InChI is InChI=1S/C26H19NO5S/c1-14-7-8-17(25(29)30)21(20(14)26(31)32)19-13-18(15-5-3-2-4-6-15)24(28)27-11-9-16-10-12-33-23(16)22(19)27/h2-8,10,12-13H,9,11H2,1H3,(H,29,30)(H,31,32). The fraction of sp³-hybridized carbons (Fsp3) is 0.115. The molecule has 0 saturated carbocycles. The van der Waals surface area contributed by atoms with Gasteiger partial charge in [-0.3, -0.25) is 4.79 Å². The zero-order valence-corrected chi connectivity index (χ0v) is 18.5. The number of hydrogen-bond acceptors (Lipinski definition) is 4. The Labute approximate surface area is 193 Å². The van der Waals surface area contributed by atoms with Gasteiger partial charge in [0.25, 0.3) is 5.56 Å². The molecule has 2 aromatic carbocycles. The van der Waals surface area contributed by atoms with Gasteiger partial charge < -0.3 is 14.8 Å². The number of nitrogens with zero attached hydrogens (tertiary/aromatic N) is 1. The maximum absolute atomic E-state index is 13.6. The quantitative estimate of drug-likeness (QED) is 0.441. The minimum Gasteiger partial charge on any atom is -0.478 e. The summed E-state index contributed by atoms with van der Waals surface area (Å²) >= 11 is 1.47. The van der Waals surface area contributed by atoms with Gasteiger partial charge in [0.2, 0.25) is 0 Å². The molecule has 0 atom stereocenters. The zero-order valence-electron chi connectivity index (χ0n) is 17.7. The second-order valence-corrected chi connectivity index (χ2v) is 8.87. The van der Waals surface area contributed by atoms with Crippen LogP contribution in [0.3, 0.4) is 0 Å². The van der Waals surface area contributed by atoms with E-state index in [0.29, 0.717) is 40.9 Å². The van der Waals surface area contributed by atoms with Crippen LogP contribution in [0.1, 0.15) is 31.8 Å². The third-order valence-corrected chi connectivity index (χ3v) is 7.03. The van der Waals surface area contributed by atoms with E-state index in [-0.39, 0.29) is 22.2 Å². The van der Waals surface area contributed by atoms with Crippen molar-refractivity contribution >= 4 is 23.3 Å². The average molecular weight is 458 g/mol. The first-order valence-corrected chi connectivity index (χ1v) is 11.3. The summed E-state index contributed by atoms with van der Waals surface area (Å²) in [6.07, 6.45) is 0.675. The molecular weight excluding hydrogens is 438 g/mol. The number of benzene rings is 2. The van der Waals surface area contributed by atoms with Crippen molar-refractivity contribution in [1.82, 2.24) is 4.57 Å². The minimum absolute atomic E-state index is 0.0703. The van der Waals surface area contributed by atoms with Gasteiger partial charge in [-0.25, -0.2) is 9.59 Å². The van der Waals surface area contributed by atoms with Crippen LogP contribution in [0.2, 0.25) is 0 Å². The van der Waals surface area contributed by atoms with E-state index in [1.807, 2.05) is 41.8 Å². The van der Waals surface area contributed by atoms with Crippen LogP contribution >= 0.6 is 11.3 Å². The summed E-state index contributed by atoms with van der Waals surface area (Å²) in [6.45, 7) is 2.08. The highest BCUT2D eigenvalue weighted by molar-refractivity contribution is 7.13. The van der Waals surface area contributed by atoms with Gasteiger partial charge in [0, 0.05) is 23.2 Å². The summed E-state index contributed by atoms with van der Waals surface area (Å²) in [5, 5.41) is 22.0. The minimum atomic E-state index is -1.22. The van der Waals surface area contributed by atoms with Crippen molar-refractivity contribution in [2.24, 2.45) is 0 Å². The second-order valence-electron chi connectivity index (χ2n) is 7.96. The fourth-order valence-electron chi connectivity index (χ4n) is 4.55. The predicted octanol–water partition coefficient (Wildman–Crippen LogP) is 5.17. The first kappa shape index (κ1) is 20.9. The molecule has 7 heteroatoms. The van der Waals surface area contributed by atoms with Crippen molar-refractivity contribution in [2.45, 2.75) is 19.9 Å². The number of hydrogen-bond donors (Lipinski definition) is 2. The molecule has 1 aliphatic rings. The smallest absolute Gasteiger partial charge is 0.336 e. The number of carboxylic acid groups (broad SMARTS) is 2. The molecule has 0 unspecified atom stereocenters. The lowest BCUT2D eigenvalue weighted by Gasteiger charge is -2.25. The van der Waals surface area contributed by atoms with E-state index < -0.39 is 11.9 Å². The lowest BCUT2D eigenvalue weighted by atomic mass is 9.87. The molecule has 0 fully saturated rings. The predicted molar refractivity (Wildman–Crippen MR) is 127 cm³/mol. The summed E-state index contributed by atoms with van der Waals surface area (Å²) in [5.41, 5.74) is 3.40. The Balaban J connectivity index is 1.98. The Bertz CT molecular complexity index is 1500. The largest absolute Gasteiger partial charge is 0.478 e. The summed E-state index contributed by atoms with van der Waals surface area (Å²) in [4.78, 5) is 39.0. The third kappa shape index (κ3) is 3.29. The highest BCUT2D eigenvalue weighted by Crippen LogP contribution is 2.43. The van der Waals surface area contributed by atoms with Gasteiger partial charge in [0.1, 0.15) is 0 Å². The van der Waals surface area contributed by atoms with Crippen molar-refractivity contribution in [3.05, 3.63) is 92.6 Å². The zero-order chi connectivity index (χ0) is 23.3. The van der Waals surface area contributed by atoms with Gasteiger partial charge in [-0.2, -0.15) is 0 Å². The van der Waals surface area contributed by atoms with Crippen LogP contribution in [-0.2, 0) is 13.0 Å². The number of thiophene rings is 1. The summed E-state index contributed by atoms with van der Waals surface area (Å²) in [5.74, 6) is -2.43. The maximum Gasteiger partial charge on any atom is 0.336 e. The number of aromatic nitrogens is 1. The summed E-state index contributed by atoms with van der Waals surface area (Å²) < 4.78 is 1.66. The Morgan fingerprint density at radius 1 is 0.970 bits per heavy atom. The van der Waals surface area contributed by atoms with Crippen molar-refractivity contribution in [2.75, 3.05) is 0 Å².